The van der Waals surface area contributed by atoms with Crippen LogP contribution in [-0.2, 0) is 4.34 Å². The van der Waals surface area contributed by atoms with E-state index in [4.69, 9.17) is 8.05 Å². The zero-order chi connectivity index (χ0) is 5.21. The highest BCUT2D eigenvalue weighted by Crippen LogP contribution is 1.96. The van der Waals surface area contributed by atoms with Crippen LogP contribution in [-0.4, -0.2) is 16.4 Å². The van der Waals surface area contributed by atoms with Crippen molar-refractivity contribution in [3.05, 3.63) is 0 Å². The Kier molecular flexibility index (Phi) is 1.87. The molecule has 0 saturated heterocycles. The van der Waals surface area contributed by atoms with E-state index in [-0.39, 0.29) is 0 Å². The summed E-state index contributed by atoms with van der Waals surface area (Å²) < 4.78 is 4.58. The summed E-state index contributed by atoms with van der Waals surface area (Å²) in [6.07, 6.45) is 0. The molecule has 2 radical (unpaired) electrons. The van der Waals surface area contributed by atoms with Gasteiger partial charge >= 0.3 is 0 Å². The molecule has 0 aliphatic carbocycles. The molecule has 6 heavy (non-hydrogen) atoms. The second-order valence-corrected chi connectivity index (χ2v) is 6.69. The van der Waals surface area contributed by atoms with Crippen LogP contribution in [0.5, 0.6) is 0 Å². The third-order valence-electron chi connectivity index (χ3n) is 0.354. The number of hydrogen-bond acceptors (Lipinski definition) is 1. The summed E-state index contributed by atoms with van der Waals surface area (Å²) in [7, 11) is 3.51. The predicted molar refractivity (Wildman–Crippen MR) is 30.2 cm³/mol. The van der Waals surface area contributed by atoms with Crippen molar-refractivity contribution in [2.75, 3.05) is 0 Å². The van der Waals surface area contributed by atoms with E-state index in [1.807, 2.05) is 19.6 Å². The predicted octanol–water partition coefficient (Wildman–Crippen LogP) is 0.921. The first-order valence-corrected chi connectivity index (χ1v) is 5.35. The standard InChI is InChI=1S/C3H9BOSi/c1-6(2,3)5-4/h1-3H3. The van der Waals surface area contributed by atoms with Crippen molar-refractivity contribution in [2.45, 2.75) is 19.6 Å². The van der Waals surface area contributed by atoms with Crippen molar-refractivity contribution in [3.8, 4) is 0 Å². The third kappa shape index (κ3) is 4.24. The molecule has 0 aliphatic heterocycles. The molecule has 0 aromatic carbocycles. The van der Waals surface area contributed by atoms with E-state index in [9.17, 15) is 0 Å². The monoisotopic (exact) mass is 100 g/mol. The van der Waals surface area contributed by atoms with Gasteiger partial charge in [-0.3, -0.25) is 0 Å². The van der Waals surface area contributed by atoms with Crippen LogP contribution in [0.2, 0.25) is 19.6 Å². The van der Waals surface area contributed by atoms with Crippen molar-refractivity contribution >= 4 is 16.4 Å². The average Bonchev–Trinajstić information content (AvgIpc) is 1.35. The van der Waals surface area contributed by atoms with E-state index < -0.39 is 8.32 Å². The zero-order valence-electron chi connectivity index (χ0n) is 4.49. The van der Waals surface area contributed by atoms with Gasteiger partial charge in [0.05, 0.1) is 0 Å². The van der Waals surface area contributed by atoms with E-state index in [0.29, 0.717) is 0 Å². The first-order valence-electron chi connectivity index (χ1n) is 1.94. The lowest BCUT2D eigenvalue weighted by molar-refractivity contribution is 0.620. The van der Waals surface area contributed by atoms with Crippen molar-refractivity contribution in [1.29, 1.82) is 0 Å². The molecule has 34 valence electrons. The normalized spacial score (nSPS) is 11.8. The quantitative estimate of drug-likeness (QED) is 0.445. The van der Waals surface area contributed by atoms with Crippen LogP contribution < -0.4 is 0 Å². The van der Waals surface area contributed by atoms with Crippen molar-refractivity contribution < 1.29 is 4.34 Å². The van der Waals surface area contributed by atoms with Gasteiger partial charge in [0.15, 0.2) is 8.32 Å². The highest BCUT2D eigenvalue weighted by atomic mass is 28.4. The summed E-state index contributed by atoms with van der Waals surface area (Å²) in [4.78, 5) is 0. The van der Waals surface area contributed by atoms with Gasteiger partial charge in [-0.2, -0.15) is 0 Å². The van der Waals surface area contributed by atoms with Gasteiger partial charge in [0, 0.05) is 0 Å². The zero-order valence-corrected chi connectivity index (χ0v) is 5.49. The van der Waals surface area contributed by atoms with E-state index in [1.165, 1.54) is 0 Å². The molecule has 3 heteroatoms. The van der Waals surface area contributed by atoms with E-state index in [2.05, 4.69) is 4.34 Å². The van der Waals surface area contributed by atoms with Gasteiger partial charge in [-0.15, -0.1) is 0 Å². The molecule has 0 fully saturated rings. The second-order valence-electron chi connectivity index (χ2n) is 2.23. The smallest absolute Gasteiger partial charge is 0.263 e. The molecule has 1 nitrogen and oxygen atoms in total. The molecule has 0 aliphatic rings. The molecule has 0 atom stereocenters. The Morgan fingerprint density at radius 3 is 1.50 bits per heavy atom. The number of rotatable bonds is 1. The molecule has 0 rings (SSSR count). The van der Waals surface area contributed by atoms with E-state index in [1.54, 1.807) is 0 Å². The van der Waals surface area contributed by atoms with Crippen molar-refractivity contribution in [1.82, 2.24) is 0 Å². The molecule has 0 aromatic heterocycles. The van der Waals surface area contributed by atoms with Crippen LogP contribution in [0, 0.1) is 0 Å². The van der Waals surface area contributed by atoms with Gasteiger partial charge in [0.25, 0.3) is 8.05 Å². The maximum Gasteiger partial charge on any atom is 0.263 e. The third-order valence-corrected chi connectivity index (χ3v) is 1.06. The van der Waals surface area contributed by atoms with Gasteiger partial charge in [-0.05, 0) is 19.6 Å². The Bertz CT molecular complexity index is 40.5. The van der Waals surface area contributed by atoms with Crippen LogP contribution in [0.1, 0.15) is 0 Å². The maximum atomic E-state index is 4.87. The first-order chi connectivity index (χ1) is 2.56. The van der Waals surface area contributed by atoms with Crippen LogP contribution in [0.25, 0.3) is 0 Å². The highest BCUT2D eigenvalue weighted by Gasteiger charge is 2.08. The minimum atomic E-state index is -1.35. The average molecular weight is 100 g/mol. The molecule has 0 saturated carbocycles. The van der Waals surface area contributed by atoms with Crippen LogP contribution >= 0.6 is 0 Å². The highest BCUT2D eigenvalue weighted by molar-refractivity contribution is 6.72. The Hall–Kier alpha value is 0.242. The molecule has 0 N–H and O–H groups in total. The van der Waals surface area contributed by atoms with Crippen molar-refractivity contribution in [2.24, 2.45) is 0 Å². The Morgan fingerprint density at radius 1 is 1.33 bits per heavy atom. The van der Waals surface area contributed by atoms with Gasteiger partial charge in [-0.1, -0.05) is 0 Å². The fourth-order valence-electron chi connectivity index (χ4n) is 0. The summed E-state index contributed by atoms with van der Waals surface area (Å²) in [6.45, 7) is 6.10. The Balaban J connectivity index is 3.17. The molecule has 0 heterocycles. The fourth-order valence-corrected chi connectivity index (χ4v) is 0. The first kappa shape index (κ1) is 6.24. The SMILES string of the molecule is [B]O[Si](C)(C)C. The molecular formula is C3H9BOSi. The summed E-state index contributed by atoms with van der Waals surface area (Å²) in [5.74, 6) is 0. The lowest BCUT2D eigenvalue weighted by Gasteiger charge is -2.11. The van der Waals surface area contributed by atoms with E-state index in [0.717, 1.165) is 0 Å². The summed E-state index contributed by atoms with van der Waals surface area (Å²) in [5, 5.41) is 0. The fraction of sp³-hybridized carbons (Fsp3) is 1.00. The summed E-state index contributed by atoms with van der Waals surface area (Å²) in [6, 6.07) is 0. The number of hydrogen-bond donors (Lipinski definition) is 0. The summed E-state index contributed by atoms with van der Waals surface area (Å²) >= 11 is 0. The molecular weight excluding hydrogens is 90.9 g/mol. The minimum absolute atomic E-state index is 1.35. The van der Waals surface area contributed by atoms with Crippen LogP contribution in [0.3, 0.4) is 0 Å². The maximum absolute atomic E-state index is 4.87. The Morgan fingerprint density at radius 2 is 1.50 bits per heavy atom. The second kappa shape index (κ2) is 1.80. The molecule has 0 amide bonds. The van der Waals surface area contributed by atoms with E-state index >= 15 is 0 Å². The molecule has 0 unspecified atom stereocenters. The molecule has 0 spiro atoms. The van der Waals surface area contributed by atoms with Gasteiger partial charge < -0.3 is 4.34 Å². The van der Waals surface area contributed by atoms with Crippen LogP contribution in [0.15, 0.2) is 0 Å². The molecule has 0 bridgehead atoms. The van der Waals surface area contributed by atoms with Crippen molar-refractivity contribution in [3.63, 3.8) is 0 Å². The topological polar surface area (TPSA) is 9.23 Å². The lowest BCUT2D eigenvalue weighted by Crippen LogP contribution is -2.23. The van der Waals surface area contributed by atoms with Gasteiger partial charge in [-0.25, -0.2) is 0 Å². The van der Waals surface area contributed by atoms with Crippen LogP contribution in [0.4, 0.5) is 0 Å². The minimum Gasteiger partial charge on any atom is -0.485 e. The Labute approximate surface area is 41.3 Å². The summed E-state index contributed by atoms with van der Waals surface area (Å²) in [5.41, 5.74) is 0. The largest absolute Gasteiger partial charge is 0.485 e. The molecule has 0 aromatic rings. The lowest BCUT2D eigenvalue weighted by atomic mass is 10.6. The van der Waals surface area contributed by atoms with Gasteiger partial charge in [0.2, 0.25) is 0 Å². The van der Waals surface area contributed by atoms with Gasteiger partial charge in [0.1, 0.15) is 0 Å².